The smallest absolute Gasteiger partial charge is 0.217 e. The van der Waals surface area contributed by atoms with Gasteiger partial charge >= 0.3 is 0 Å². The van der Waals surface area contributed by atoms with E-state index < -0.39 is 15.6 Å². The first kappa shape index (κ1) is 11.9. The molecule has 0 bridgehead atoms. The Morgan fingerprint density at radius 3 is 2.21 bits per heavy atom. The zero-order chi connectivity index (χ0) is 11.0. The Bertz CT molecular complexity index is 294. The molecule has 4 nitrogen and oxygen atoms in total. The number of nitrogens with two attached hydrogens (primary N) is 1. The second kappa shape index (κ2) is 3.79. The topological polar surface area (TPSA) is 63.4 Å². The van der Waals surface area contributed by atoms with Crippen molar-refractivity contribution in [3.63, 3.8) is 0 Å². The second-order valence-electron chi connectivity index (χ2n) is 4.43. The molecule has 0 aromatic carbocycles. The summed E-state index contributed by atoms with van der Waals surface area (Å²) in [4.78, 5) is 0. The minimum Gasteiger partial charge on any atom is -0.329 e. The maximum absolute atomic E-state index is 12.0. The van der Waals surface area contributed by atoms with Crippen molar-refractivity contribution in [3.8, 4) is 0 Å². The van der Waals surface area contributed by atoms with Gasteiger partial charge < -0.3 is 5.73 Å². The zero-order valence-electron chi connectivity index (χ0n) is 9.16. The van der Waals surface area contributed by atoms with Gasteiger partial charge in [0.25, 0.3) is 0 Å². The average Bonchev–Trinajstić information content (AvgIpc) is 2.86. The van der Waals surface area contributed by atoms with Crippen molar-refractivity contribution < 1.29 is 8.42 Å². The summed E-state index contributed by atoms with van der Waals surface area (Å²) in [7, 11) is -3.09. The minimum absolute atomic E-state index is 0.145. The predicted octanol–water partition coefficient (Wildman–Crippen LogP) is 0.538. The lowest BCUT2D eigenvalue weighted by molar-refractivity contribution is 0.244. The van der Waals surface area contributed by atoms with Crippen molar-refractivity contribution in [2.24, 2.45) is 5.73 Å². The fourth-order valence-corrected chi connectivity index (χ4v) is 3.82. The van der Waals surface area contributed by atoms with E-state index in [1.807, 2.05) is 20.8 Å². The summed E-state index contributed by atoms with van der Waals surface area (Å²) in [5, 5.41) is -0.145. The Kier molecular flexibility index (Phi) is 3.23. The summed E-state index contributed by atoms with van der Waals surface area (Å²) < 4.78 is 25.5. The number of nitrogens with zero attached hydrogens (tertiary/aromatic N) is 1. The maximum Gasteiger partial charge on any atom is 0.217 e. The van der Waals surface area contributed by atoms with Crippen LogP contribution < -0.4 is 5.73 Å². The molecule has 0 heterocycles. The van der Waals surface area contributed by atoms with Crippen molar-refractivity contribution in [2.45, 2.75) is 44.4 Å². The van der Waals surface area contributed by atoms with E-state index in [0.717, 1.165) is 12.8 Å². The predicted molar refractivity (Wildman–Crippen MR) is 57.5 cm³/mol. The molecule has 0 aromatic heterocycles. The van der Waals surface area contributed by atoms with Gasteiger partial charge in [-0.25, -0.2) is 8.42 Å². The molecule has 5 heteroatoms. The lowest BCUT2D eigenvalue weighted by Gasteiger charge is -2.35. The number of hydrogen-bond acceptors (Lipinski definition) is 3. The average molecular weight is 220 g/mol. The number of sulfonamides is 1. The highest BCUT2D eigenvalue weighted by atomic mass is 32.2. The monoisotopic (exact) mass is 220 g/mol. The highest BCUT2D eigenvalue weighted by Crippen LogP contribution is 2.33. The molecular formula is C9H20N2O2S. The van der Waals surface area contributed by atoms with Crippen LogP contribution in [-0.4, -0.2) is 36.6 Å². The molecule has 1 saturated carbocycles. The third-order valence-corrected chi connectivity index (χ3v) is 5.40. The van der Waals surface area contributed by atoms with E-state index in [4.69, 9.17) is 5.73 Å². The molecule has 1 fully saturated rings. The van der Waals surface area contributed by atoms with Gasteiger partial charge in [0.1, 0.15) is 0 Å². The molecule has 0 atom stereocenters. The first-order chi connectivity index (χ1) is 6.36. The maximum atomic E-state index is 12.0. The van der Waals surface area contributed by atoms with Crippen LogP contribution in [0.15, 0.2) is 0 Å². The van der Waals surface area contributed by atoms with E-state index in [0.29, 0.717) is 13.1 Å². The van der Waals surface area contributed by atoms with Crippen LogP contribution in [0.3, 0.4) is 0 Å². The number of likely N-dealkylation sites (N-methyl/N-ethyl adjacent to an activating group) is 1. The molecule has 0 spiro atoms. The summed E-state index contributed by atoms with van der Waals surface area (Å²) in [5.41, 5.74) is 5.13. The largest absolute Gasteiger partial charge is 0.329 e. The summed E-state index contributed by atoms with van der Waals surface area (Å²) in [5.74, 6) is 0. The summed E-state index contributed by atoms with van der Waals surface area (Å²) in [6, 6.07) is 0. The van der Waals surface area contributed by atoms with Gasteiger partial charge in [0.2, 0.25) is 10.0 Å². The molecule has 1 aliphatic carbocycles. The Morgan fingerprint density at radius 2 is 1.93 bits per heavy atom. The number of rotatable bonds is 5. The highest BCUT2D eigenvalue weighted by Gasteiger charge is 2.44. The van der Waals surface area contributed by atoms with Gasteiger partial charge in [-0.15, -0.1) is 0 Å². The van der Waals surface area contributed by atoms with Gasteiger partial charge in [0.05, 0.1) is 5.25 Å². The highest BCUT2D eigenvalue weighted by molar-refractivity contribution is 7.90. The molecule has 14 heavy (non-hydrogen) atoms. The Balaban J connectivity index is 2.91. The van der Waals surface area contributed by atoms with Gasteiger partial charge in [-0.05, 0) is 26.7 Å². The zero-order valence-corrected chi connectivity index (χ0v) is 9.97. The molecule has 1 rings (SSSR count). The Hall–Kier alpha value is -0.130. The van der Waals surface area contributed by atoms with Crippen LogP contribution in [0.1, 0.15) is 33.6 Å². The van der Waals surface area contributed by atoms with Gasteiger partial charge in [-0.2, -0.15) is 4.31 Å². The Morgan fingerprint density at radius 1 is 1.43 bits per heavy atom. The van der Waals surface area contributed by atoms with E-state index in [1.165, 1.54) is 4.31 Å². The molecule has 0 aromatic rings. The van der Waals surface area contributed by atoms with Crippen molar-refractivity contribution in [2.75, 3.05) is 13.1 Å². The molecule has 1 aliphatic rings. The molecular weight excluding hydrogens is 200 g/mol. The lowest BCUT2D eigenvalue weighted by atomic mass is 10.1. The van der Waals surface area contributed by atoms with Crippen LogP contribution in [0.4, 0.5) is 0 Å². The van der Waals surface area contributed by atoms with E-state index >= 15 is 0 Å². The molecule has 0 saturated heterocycles. The van der Waals surface area contributed by atoms with Crippen LogP contribution in [0.5, 0.6) is 0 Å². The molecule has 84 valence electrons. The van der Waals surface area contributed by atoms with Crippen molar-refractivity contribution >= 4 is 10.0 Å². The van der Waals surface area contributed by atoms with Crippen LogP contribution in [0.25, 0.3) is 0 Å². The first-order valence-electron chi connectivity index (χ1n) is 5.08. The van der Waals surface area contributed by atoms with Crippen LogP contribution >= 0.6 is 0 Å². The van der Waals surface area contributed by atoms with Gasteiger partial charge in [0, 0.05) is 18.6 Å². The van der Waals surface area contributed by atoms with Crippen molar-refractivity contribution in [1.82, 2.24) is 4.31 Å². The molecule has 0 aliphatic heterocycles. The molecule has 0 amide bonds. The van der Waals surface area contributed by atoms with Crippen molar-refractivity contribution in [3.05, 3.63) is 0 Å². The number of hydrogen-bond donors (Lipinski definition) is 1. The first-order valence-corrected chi connectivity index (χ1v) is 6.58. The quantitative estimate of drug-likeness (QED) is 0.735. The minimum atomic E-state index is -3.09. The van der Waals surface area contributed by atoms with E-state index in [-0.39, 0.29) is 5.25 Å². The molecule has 0 radical (unpaired) electrons. The fourth-order valence-electron chi connectivity index (χ4n) is 1.60. The fraction of sp³-hybridized carbons (Fsp3) is 1.00. The third kappa shape index (κ3) is 2.10. The van der Waals surface area contributed by atoms with E-state index in [1.54, 1.807) is 0 Å². The summed E-state index contributed by atoms with van der Waals surface area (Å²) in [6.45, 7) is 6.46. The Labute approximate surface area is 86.5 Å². The van der Waals surface area contributed by atoms with Crippen LogP contribution in [-0.2, 0) is 10.0 Å². The second-order valence-corrected chi connectivity index (χ2v) is 6.56. The normalized spacial score (nSPS) is 18.9. The third-order valence-electron chi connectivity index (χ3n) is 2.71. The van der Waals surface area contributed by atoms with Crippen LogP contribution in [0.2, 0.25) is 0 Å². The summed E-state index contributed by atoms with van der Waals surface area (Å²) >= 11 is 0. The van der Waals surface area contributed by atoms with E-state index in [2.05, 4.69) is 0 Å². The molecule has 2 N–H and O–H groups in total. The van der Waals surface area contributed by atoms with Gasteiger partial charge in [-0.1, -0.05) is 6.92 Å². The lowest BCUT2D eigenvalue weighted by Crippen LogP contribution is -2.53. The van der Waals surface area contributed by atoms with Crippen LogP contribution in [0, 0.1) is 0 Å². The molecule has 0 unspecified atom stereocenters. The van der Waals surface area contributed by atoms with E-state index in [9.17, 15) is 8.42 Å². The SMILES string of the molecule is CCN(C(C)(C)CN)S(=O)(=O)C1CC1. The summed E-state index contributed by atoms with van der Waals surface area (Å²) in [6.07, 6.45) is 1.61. The van der Waals surface area contributed by atoms with Crippen molar-refractivity contribution in [1.29, 1.82) is 0 Å². The van der Waals surface area contributed by atoms with Gasteiger partial charge in [-0.3, -0.25) is 0 Å². The van der Waals surface area contributed by atoms with Gasteiger partial charge in [0.15, 0.2) is 0 Å². The standard InChI is InChI=1S/C9H20N2O2S/c1-4-11(9(2,3)7-10)14(12,13)8-5-6-8/h8H,4-7,10H2,1-3H3.